The number of hydrogen-bond donors (Lipinski definition) is 1. The quantitative estimate of drug-likeness (QED) is 0.637. The fourth-order valence-electron chi connectivity index (χ4n) is 0.119. The second kappa shape index (κ2) is 5.44. The minimum absolute atomic E-state index is 0.631. The van der Waals surface area contributed by atoms with Crippen LogP contribution in [0.5, 0.6) is 0 Å². The average molecular weight is 203 g/mol. The van der Waals surface area contributed by atoms with Crippen LogP contribution in [-0.2, 0) is 4.52 Å². The Morgan fingerprint density at radius 2 is 2.50 bits per heavy atom. The molecule has 0 bridgehead atoms. The third kappa shape index (κ3) is 5.78. The molecular weight excluding hydrogens is 197 g/mol. The summed E-state index contributed by atoms with van der Waals surface area (Å²) in [4.78, 5) is 0. The molecular formula is CH6NOP5. The van der Waals surface area contributed by atoms with E-state index in [0.717, 1.165) is 7.96 Å². The second-order valence-electron chi connectivity index (χ2n) is 0.869. The van der Waals surface area contributed by atoms with Crippen LogP contribution >= 0.6 is 39.3 Å². The van der Waals surface area contributed by atoms with E-state index < -0.39 is 14.0 Å². The van der Waals surface area contributed by atoms with E-state index in [0.29, 0.717) is 0 Å². The molecule has 0 radical (unpaired) electrons. The van der Waals surface area contributed by atoms with E-state index in [-0.39, 0.29) is 0 Å². The SMILES string of the molecule is COP(#P)[P-][P+](=N)P. The Kier molecular flexibility index (Phi) is 6.56. The van der Waals surface area contributed by atoms with Crippen molar-refractivity contribution in [3.8, 4) is 0 Å². The first-order valence-electron chi connectivity index (χ1n) is 1.67. The Bertz CT molecular complexity index is 144. The molecule has 0 aliphatic heterocycles. The predicted molar refractivity (Wildman–Crippen MR) is 47.1 cm³/mol. The molecule has 3 unspecified atom stereocenters. The van der Waals surface area contributed by atoms with Crippen LogP contribution in [-0.4, -0.2) is 7.11 Å². The van der Waals surface area contributed by atoms with Crippen molar-refractivity contribution in [1.82, 2.24) is 0 Å². The summed E-state index contributed by atoms with van der Waals surface area (Å²) in [7, 11) is 8.47. The Morgan fingerprint density at radius 3 is 2.62 bits per heavy atom. The molecule has 3 atom stereocenters. The molecule has 0 aliphatic rings. The summed E-state index contributed by atoms with van der Waals surface area (Å²) < 4.78 is 4.86. The summed E-state index contributed by atoms with van der Waals surface area (Å²) in [5, 5.41) is 7.11. The van der Waals surface area contributed by atoms with Crippen LogP contribution < -0.4 is 0 Å². The van der Waals surface area contributed by atoms with Crippen molar-refractivity contribution in [3.63, 3.8) is 0 Å². The fourth-order valence-corrected chi connectivity index (χ4v) is 10.4. The zero-order valence-corrected chi connectivity index (χ0v) is 9.01. The van der Waals surface area contributed by atoms with Gasteiger partial charge in [-0.05, 0) is 0 Å². The first-order valence-corrected chi connectivity index (χ1v) is 9.35. The van der Waals surface area contributed by atoms with Crippen LogP contribution in [0.25, 0.3) is 0 Å². The van der Waals surface area contributed by atoms with E-state index in [1.54, 1.807) is 7.11 Å². The zero-order chi connectivity index (χ0) is 6.57. The zero-order valence-electron chi connectivity index (χ0n) is 4.27. The Hall–Kier alpha value is 1.65. The molecule has 46 valence electrons. The molecule has 0 rings (SSSR count). The van der Waals surface area contributed by atoms with Crippen LogP contribution in [0.3, 0.4) is 0 Å². The van der Waals surface area contributed by atoms with Gasteiger partial charge in [0, 0.05) is 0 Å². The van der Waals surface area contributed by atoms with Gasteiger partial charge < -0.3 is 0 Å². The number of nitrogens with one attached hydrogen (secondary N) is 1. The van der Waals surface area contributed by atoms with Crippen molar-refractivity contribution >= 4 is 39.3 Å². The van der Waals surface area contributed by atoms with E-state index >= 15 is 0 Å². The molecule has 0 spiro atoms. The van der Waals surface area contributed by atoms with Gasteiger partial charge in [-0.1, -0.05) is 0 Å². The van der Waals surface area contributed by atoms with Gasteiger partial charge in [-0.25, -0.2) is 0 Å². The van der Waals surface area contributed by atoms with Crippen LogP contribution in [0.1, 0.15) is 0 Å². The van der Waals surface area contributed by atoms with Crippen LogP contribution in [0.15, 0.2) is 0 Å². The van der Waals surface area contributed by atoms with E-state index in [1.807, 2.05) is 0 Å². The van der Waals surface area contributed by atoms with Gasteiger partial charge in [0.25, 0.3) is 0 Å². The summed E-state index contributed by atoms with van der Waals surface area (Å²) in [6.45, 7) is -0.631. The Balaban J connectivity index is 3.46. The standard InChI is InChI=1S/CH6NOP5/c1-3-8(5)6-7(2)4/h2H,4H2,1H3. The first kappa shape index (κ1) is 9.65. The number of rotatable bonds is 1. The molecule has 1 N–H and O–H groups in total. The molecule has 7 heteroatoms. The van der Waals surface area contributed by atoms with E-state index in [4.69, 9.17) is 9.69 Å². The van der Waals surface area contributed by atoms with Crippen molar-refractivity contribution < 1.29 is 4.52 Å². The monoisotopic (exact) mass is 203 g/mol. The molecule has 0 amide bonds. The fraction of sp³-hybridized carbons (Fsp3) is 1.00. The van der Waals surface area contributed by atoms with Crippen molar-refractivity contribution in [3.05, 3.63) is 0 Å². The van der Waals surface area contributed by atoms with Gasteiger partial charge in [-0.15, -0.1) is 0 Å². The summed E-state index contributed by atoms with van der Waals surface area (Å²) in [5.74, 6) is 0. The minimum atomic E-state index is -0.679. The normalized spacial score (nSPS) is 14.6. The molecule has 0 saturated carbocycles. The van der Waals surface area contributed by atoms with Gasteiger partial charge in [0.15, 0.2) is 0 Å². The molecule has 8 heavy (non-hydrogen) atoms. The molecule has 0 aromatic rings. The molecule has 0 aromatic heterocycles. The van der Waals surface area contributed by atoms with Gasteiger partial charge in [0.1, 0.15) is 0 Å². The summed E-state index contributed by atoms with van der Waals surface area (Å²) in [6, 6.07) is 0. The second-order valence-corrected chi connectivity index (χ2v) is 12.0. The van der Waals surface area contributed by atoms with Crippen molar-refractivity contribution in [1.29, 1.82) is 5.16 Å². The molecule has 0 heterocycles. The van der Waals surface area contributed by atoms with Crippen molar-refractivity contribution in [2.75, 3.05) is 7.11 Å². The van der Waals surface area contributed by atoms with Crippen LogP contribution in [0.4, 0.5) is 0 Å². The first-order chi connectivity index (χ1) is 3.66. The van der Waals surface area contributed by atoms with Crippen molar-refractivity contribution in [2.45, 2.75) is 0 Å². The molecule has 0 aliphatic carbocycles. The summed E-state index contributed by atoms with van der Waals surface area (Å²) in [6.07, 6.45) is 0. The van der Waals surface area contributed by atoms with Crippen LogP contribution in [0.2, 0.25) is 0 Å². The summed E-state index contributed by atoms with van der Waals surface area (Å²) in [5.41, 5.74) is 0. The molecule has 2 nitrogen and oxygen atoms in total. The molecule has 0 saturated heterocycles. The molecule has 0 aromatic carbocycles. The van der Waals surface area contributed by atoms with Gasteiger partial charge in [-0.2, -0.15) is 0 Å². The van der Waals surface area contributed by atoms with Gasteiger partial charge in [-0.3, -0.25) is 0 Å². The topological polar surface area (TPSA) is 33.1 Å². The van der Waals surface area contributed by atoms with Gasteiger partial charge in [0.2, 0.25) is 0 Å². The third-order valence-electron chi connectivity index (χ3n) is 0.336. The maximum absolute atomic E-state index is 7.11. The number of hydrogen-bond acceptors (Lipinski definition) is 2. The van der Waals surface area contributed by atoms with Crippen molar-refractivity contribution in [2.24, 2.45) is 0 Å². The Labute approximate surface area is 56.6 Å². The van der Waals surface area contributed by atoms with Crippen LogP contribution in [0, 0.1) is 5.16 Å². The van der Waals surface area contributed by atoms with E-state index in [9.17, 15) is 0 Å². The van der Waals surface area contributed by atoms with Gasteiger partial charge in [0.05, 0.1) is 0 Å². The Morgan fingerprint density at radius 1 is 2.00 bits per heavy atom. The summed E-state index contributed by atoms with van der Waals surface area (Å²) >= 11 is 0. The molecule has 0 fully saturated rings. The van der Waals surface area contributed by atoms with E-state index in [1.165, 1.54) is 0 Å². The average Bonchev–Trinajstić information content (AvgIpc) is 1.65. The predicted octanol–water partition coefficient (Wildman–Crippen LogP) is 4.17. The maximum atomic E-state index is 7.11. The van der Waals surface area contributed by atoms with E-state index in [2.05, 4.69) is 17.3 Å². The third-order valence-corrected chi connectivity index (χ3v) is 11.1. The van der Waals surface area contributed by atoms with Gasteiger partial charge >= 0.3 is 56.1 Å².